The number of aromatic nitrogens is 4. The second kappa shape index (κ2) is 6.52. The van der Waals surface area contributed by atoms with Crippen LogP contribution in [-0.2, 0) is 0 Å². The molecule has 0 bridgehead atoms. The van der Waals surface area contributed by atoms with E-state index in [0.29, 0.717) is 11.3 Å². The largest absolute Gasteiger partial charge is 0.478 e. The van der Waals surface area contributed by atoms with Crippen molar-refractivity contribution in [2.45, 2.75) is 33.2 Å². The van der Waals surface area contributed by atoms with Crippen LogP contribution in [0.1, 0.15) is 45.3 Å². The van der Waals surface area contributed by atoms with Crippen molar-refractivity contribution in [3.63, 3.8) is 0 Å². The number of carboxylic acid groups (broad SMARTS) is 1. The molecule has 0 fully saturated rings. The van der Waals surface area contributed by atoms with E-state index in [2.05, 4.69) is 29.1 Å². The molecule has 0 unspecified atom stereocenters. The molecule has 6 nitrogen and oxygen atoms in total. The van der Waals surface area contributed by atoms with Crippen LogP contribution in [0.25, 0.3) is 11.3 Å². The third-order valence-electron chi connectivity index (χ3n) is 3.98. The number of thiazole rings is 1. The highest BCUT2D eigenvalue weighted by Crippen LogP contribution is 2.29. The number of aromatic carboxylic acids is 1. The molecule has 0 saturated carbocycles. The van der Waals surface area contributed by atoms with E-state index in [0.717, 1.165) is 17.1 Å². The Labute approximate surface area is 143 Å². The SMILES string of the molecule is CC[C@@H](c1nc(C)c(C)s1)n1cc(-c2ccccc2C(=O)O)nn1. The fourth-order valence-corrected chi connectivity index (χ4v) is 3.66. The predicted octanol–water partition coefficient (Wildman–Crippen LogP) is 3.72. The number of nitrogens with zero attached hydrogens (tertiary/aromatic N) is 4. The van der Waals surface area contributed by atoms with E-state index in [9.17, 15) is 9.90 Å². The van der Waals surface area contributed by atoms with Crippen LogP contribution in [0.2, 0.25) is 0 Å². The number of carboxylic acids is 1. The van der Waals surface area contributed by atoms with Gasteiger partial charge in [-0.2, -0.15) is 0 Å². The lowest BCUT2D eigenvalue weighted by Crippen LogP contribution is -2.10. The molecule has 3 aromatic rings. The van der Waals surface area contributed by atoms with Crippen LogP contribution < -0.4 is 0 Å². The van der Waals surface area contributed by atoms with Gasteiger partial charge in [-0.15, -0.1) is 16.4 Å². The fourth-order valence-electron chi connectivity index (χ4n) is 2.56. The van der Waals surface area contributed by atoms with Gasteiger partial charge in [0, 0.05) is 10.4 Å². The summed E-state index contributed by atoms with van der Waals surface area (Å²) in [6.07, 6.45) is 2.62. The van der Waals surface area contributed by atoms with E-state index < -0.39 is 5.97 Å². The van der Waals surface area contributed by atoms with Crippen molar-refractivity contribution in [3.8, 4) is 11.3 Å². The van der Waals surface area contributed by atoms with Crippen LogP contribution in [0.15, 0.2) is 30.5 Å². The summed E-state index contributed by atoms with van der Waals surface area (Å²) in [5.41, 5.74) is 2.37. The number of aryl methyl sites for hydroxylation is 2. The molecule has 0 aliphatic rings. The van der Waals surface area contributed by atoms with Gasteiger partial charge in [0.25, 0.3) is 0 Å². The van der Waals surface area contributed by atoms with Crippen LogP contribution >= 0.6 is 11.3 Å². The number of benzene rings is 1. The van der Waals surface area contributed by atoms with Crippen molar-refractivity contribution >= 4 is 17.3 Å². The topological polar surface area (TPSA) is 80.9 Å². The first-order chi connectivity index (χ1) is 11.5. The maximum absolute atomic E-state index is 11.4. The molecule has 124 valence electrons. The van der Waals surface area contributed by atoms with Crippen molar-refractivity contribution in [1.29, 1.82) is 0 Å². The summed E-state index contributed by atoms with van der Waals surface area (Å²) in [5, 5.41) is 18.7. The summed E-state index contributed by atoms with van der Waals surface area (Å²) >= 11 is 1.66. The van der Waals surface area contributed by atoms with Gasteiger partial charge in [-0.05, 0) is 26.3 Å². The van der Waals surface area contributed by atoms with Gasteiger partial charge in [0.1, 0.15) is 16.7 Å². The first kappa shape index (κ1) is 16.3. The van der Waals surface area contributed by atoms with Gasteiger partial charge >= 0.3 is 5.97 Å². The Hall–Kier alpha value is -2.54. The molecule has 1 N–H and O–H groups in total. The minimum Gasteiger partial charge on any atom is -0.478 e. The highest BCUT2D eigenvalue weighted by molar-refractivity contribution is 7.11. The molecule has 3 rings (SSSR count). The smallest absolute Gasteiger partial charge is 0.336 e. The third kappa shape index (κ3) is 2.94. The van der Waals surface area contributed by atoms with E-state index >= 15 is 0 Å². The highest BCUT2D eigenvalue weighted by Gasteiger charge is 2.20. The van der Waals surface area contributed by atoms with E-state index in [1.54, 1.807) is 46.5 Å². The van der Waals surface area contributed by atoms with Crippen molar-refractivity contribution in [3.05, 3.63) is 51.6 Å². The molecule has 0 radical (unpaired) electrons. The lowest BCUT2D eigenvalue weighted by molar-refractivity contribution is 0.0697. The predicted molar refractivity (Wildman–Crippen MR) is 92.4 cm³/mol. The van der Waals surface area contributed by atoms with Gasteiger partial charge in [-0.1, -0.05) is 30.3 Å². The second-order valence-electron chi connectivity index (χ2n) is 5.55. The number of hydrogen-bond donors (Lipinski definition) is 1. The number of carbonyl (C=O) groups is 1. The summed E-state index contributed by atoms with van der Waals surface area (Å²) in [6.45, 7) is 6.13. The minimum atomic E-state index is -0.974. The standard InChI is InChI=1S/C17H18N4O2S/c1-4-15(16-18-10(2)11(3)24-16)21-9-14(19-20-21)12-7-5-6-8-13(12)17(22)23/h5-9,15H,4H2,1-3H3,(H,22,23)/t15-/m0/s1. The number of rotatable bonds is 5. The molecule has 7 heteroatoms. The van der Waals surface area contributed by atoms with Gasteiger partial charge in [-0.25, -0.2) is 14.5 Å². The maximum atomic E-state index is 11.4. The molecule has 0 aliphatic carbocycles. The quantitative estimate of drug-likeness (QED) is 0.764. The molecule has 24 heavy (non-hydrogen) atoms. The van der Waals surface area contributed by atoms with Crippen LogP contribution in [0.3, 0.4) is 0 Å². The van der Waals surface area contributed by atoms with Crippen LogP contribution in [0.4, 0.5) is 0 Å². The average Bonchev–Trinajstić information content (AvgIpc) is 3.16. The molecule has 2 heterocycles. The van der Waals surface area contributed by atoms with Gasteiger partial charge in [0.2, 0.25) is 0 Å². The summed E-state index contributed by atoms with van der Waals surface area (Å²) in [4.78, 5) is 17.2. The zero-order valence-electron chi connectivity index (χ0n) is 13.7. The van der Waals surface area contributed by atoms with Crippen LogP contribution in [0.5, 0.6) is 0 Å². The molecular weight excluding hydrogens is 324 g/mol. The Morgan fingerprint density at radius 1 is 1.33 bits per heavy atom. The van der Waals surface area contributed by atoms with Gasteiger partial charge in [-0.3, -0.25) is 0 Å². The first-order valence-corrected chi connectivity index (χ1v) is 8.51. The Morgan fingerprint density at radius 3 is 2.71 bits per heavy atom. The molecule has 0 amide bonds. The monoisotopic (exact) mass is 342 g/mol. The Bertz CT molecular complexity index is 865. The second-order valence-corrected chi connectivity index (χ2v) is 6.79. The van der Waals surface area contributed by atoms with Crippen molar-refractivity contribution < 1.29 is 9.90 Å². The van der Waals surface area contributed by atoms with Gasteiger partial charge in [0.15, 0.2) is 0 Å². The zero-order valence-corrected chi connectivity index (χ0v) is 14.5. The fraction of sp³-hybridized carbons (Fsp3) is 0.294. The van der Waals surface area contributed by atoms with Crippen LogP contribution in [0, 0.1) is 13.8 Å². The van der Waals surface area contributed by atoms with E-state index in [1.165, 1.54) is 4.88 Å². The Kier molecular flexibility index (Phi) is 4.44. The lowest BCUT2D eigenvalue weighted by atomic mass is 10.1. The normalized spacial score (nSPS) is 12.3. The van der Waals surface area contributed by atoms with Crippen LogP contribution in [-0.4, -0.2) is 31.1 Å². The zero-order chi connectivity index (χ0) is 17.3. The lowest BCUT2D eigenvalue weighted by Gasteiger charge is -2.11. The number of hydrogen-bond acceptors (Lipinski definition) is 5. The third-order valence-corrected chi connectivity index (χ3v) is 5.15. The summed E-state index contributed by atoms with van der Waals surface area (Å²) < 4.78 is 1.77. The molecule has 0 aliphatic heterocycles. The van der Waals surface area contributed by atoms with Crippen molar-refractivity contribution in [1.82, 2.24) is 20.0 Å². The first-order valence-electron chi connectivity index (χ1n) is 7.69. The Balaban J connectivity index is 1.99. The van der Waals surface area contributed by atoms with Gasteiger partial charge < -0.3 is 5.11 Å². The Morgan fingerprint density at radius 2 is 2.08 bits per heavy atom. The molecule has 0 spiro atoms. The summed E-state index contributed by atoms with van der Waals surface area (Å²) in [7, 11) is 0. The van der Waals surface area contributed by atoms with Crippen molar-refractivity contribution in [2.24, 2.45) is 0 Å². The minimum absolute atomic E-state index is 0.000593. The van der Waals surface area contributed by atoms with Crippen molar-refractivity contribution in [2.75, 3.05) is 0 Å². The van der Waals surface area contributed by atoms with E-state index in [1.807, 2.05) is 6.92 Å². The molecule has 2 aromatic heterocycles. The average molecular weight is 342 g/mol. The maximum Gasteiger partial charge on any atom is 0.336 e. The molecule has 1 aromatic carbocycles. The summed E-state index contributed by atoms with van der Waals surface area (Å²) in [6, 6.07) is 6.82. The van der Waals surface area contributed by atoms with E-state index in [4.69, 9.17) is 0 Å². The molecule has 1 atom stereocenters. The molecule has 0 saturated heterocycles. The summed E-state index contributed by atoms with van der Waals surface area (Å²) in [5.74, 6) is -0.974. The van der Waals surface area contributed by atoms with Gasteiger partial charge in [0.05, 0.1) is 17.5 Å². The molecular formula is C17H18N4O2S. The highest BCUT2D eigenvalue weighted by atomic mass is 32.1. The van der Waals surface area contributed by atoms with E-state index in [-0.39, 0.29) is 11.6 Å².